The fraction of sp³-hybridized carbons (Fsp3) is 0.636. The molecule has 0 aliphatic rings. The van der Waals surface area contributed by atoms with Gasteiger partial charge in [0.1, 0.15) is 0 Å². The summed E-state index contributed by atoms with van der Waals surface area (Å²) < 4.78 is 0. The monoisotopic (exact) mass is 627 g/mol. The van der Waals surface area contributed by atoms with Gasteiger partial charge in [0.05, 0.1) is 22.8 Å². The Bertz CT molecular complexity index is 1120. The maximum absolute atomic E-state index is 5.38. The van der Waals surface area contributed by atoms with Crippen molar-refractivity contribution < 1.29 is 0 Å². The molecule has 2 aromatic rings. The van der Waals surface area contributed by atoms with Gasteiger partial charge in [-0.05, 0) is 123 Å². The van der Waals surface area contributed by atoms with E-state index in [0.717, 1.165) is 61.3 Å². The molecular formula is C44H70N2. The average molecular weight is 627 g/mol. The molecule has 0 saturated heterocycles. The lowest BCUT2D eigenvalue weighted by molar-refractivity contribution is 0.577. The lowest BCUT2D eigenvalue weighted by Crippen LogP contribution is -2.10. The molecule has 0 bridgehead atoms. The molecule has 0 saturated carbocycles. The maximum Gasteiger partial charge on any atom is 0.0848 e. The third-order valence-corrected chi connectivity index (χ3v) is 8.99. The SMILES string of the molecule is CCCCCCCCCCC=CC(=Nc1cc(CCCC)cc(CCCC)c1)C(CC)=Nc1cc(CCCC)cc(CCCC)c1. The molecule has 0 heterocycles. The lowest BCUT2D eigenvalue weighted by Gasteiger charge is -2.11. The second-order valence-electron chi connectivity index (χ2n) is 13.5. The molecule has 0 N–H and O–H groups in total. The minimum absolute atomic E-state index is 0.864. The summed E-state index contributed by atoms with van der Waals surface area (Å²) in [6.45, 7) is 13.7. The third kappa shape index (κ3) is 16.9. The summed E-state index contributed by atoms with van der Waals surface area (Å²) in [5.41, 5.74) is 10.0. The van der Waals surface area contributed by atoms with Gasteiger partial charge in [-0.1, -0.05) is 130 Å². The Balaban J connectivity index is 2.44. The zero-order valence-electron chi connectivity index (χ0n) is 31.1. The van der Waals surface area contributed by atoms with Crippen LogP contribution in [0.15, 0.2) is 58.5 Å². The van der Waals surface area contributed by atoms with Gasteiger partial charge in [-0.3, -0.25) is 4.99 Å². The molecule has 0 fully saturated rings. The largest absolute Gasteiger partial charge is 0.251 e. The van der Waals surface area contributed by atoms with E-state index in [4.69, 9.17) is 9.98 Å². The Morgan fingerprint density at radius 1 is 0.457 bits per heavy atom. The minimum Gasteiger partial charge on any atom is -0.251 e. The van der Waals surface area contributed by atoms with Crippen molar-refractivity contribution in [3.05, 3.63) is 70.8 Å². The van der Waals surface area contributed by atoms with Crippen molar-refractivity contribution in [2.24, 2.45) is 9.98 Å². The molecule has 2 heteroatoms. The van der Waals surface area contributed by atoms with Crippen LogP contribution in [-0.4, -0.2) is 11.4 Å². The molecule has 0 aliphatic carbocycles. The number of benzene rings is 2. The zero-order valence-corrected chi connectivity index (χ0v) is 31.1. The Morgan fingerprint density at radius 2 is 0.848 bits per heavy atom. The molecule has 2 nitrogen and oxygen atoms in total. The van der Waals surface area contributed by atoms with Gasteiger partial charge in [-0.25, -0.2) is 4.99 Å². The topological polar surface area (TPSA) is 24.7 Å². The maximum atomic E-state index is 5.38. The molecule has 0 amide bonds. The van der Waals surface area contributed by atoms with E-state index < -0.39 is 0 Å². The van der Waals surface area contributed by atoms with Crippen LogP contribution in [0.25, 0.3) is 0 Å². The van der Waals surface area contributed by atoms with E-state index in [9.17, 15) is 0 Å². The molecule has 256 valence electrons. The predicted octanol–water partition coefficient (Wildman–Crippen LogP) is 14.4. The van der Waals surface area contributed by atoms with Crippen LogP contribution >= 0.6 is 0 Å². The molecule has 0 atom stereocenters. The van der Waals surface area contributed by atoms with Crippen molar-refractivity contribution in [1.82, 2.24) is 0 Å². The summed E-state index contributed by atoms with van der Waals surface area (Å²) in [5.74, 6) is 0. The van der Waals surface area contributed by atoms with Gasteiger partial charge in [-0.2, -0.15) is 0 Å². The molecule has 0 radical (unpaired) electrons. The van der Waals surface area contributed by atoms with Gasteiger partial charge >= 0.3 is 0 Å². The summed E-state index contributed by atoms with van der Waals surface area (Å²) in [5, 5.41) is 0. The third-order valence-electron chi connectivity index (χ3n) is 8.99. The number of aliphatic imine (C=N–C) groups is 2. The fourth-order valence-corrected chi connectivity index (χ4v) is 6.12. The summed E-state index contributed by atoms with van der Waals surface area (Å²) >= 11 is 0. The minimum atomic E-state index is 0.864. The first-order chi connectivity index (χ1) is 22.6. The van der Waals surface area contributed by atoms with Crippen molar-refractivity contribution in [2.75, 3.05) is 0 Å². The number of nitrogens with zero attached hydrogens (tertiary/aromatic N) is 2. The van der Waals surface area contributed by atoms with Gasteiger partial charge in [0.15, 0.2) is 0 Å². The zero-order chi connectivity index (χ0) is 33.2. The predicted molar refractivity (Wildman–Crippen MR) is 208 cm³/mol. The van der Waals surface area contributed by atoms with Gasteiger partial charge in [-0.15, -0.1) is 0 Å². The van der Waals surface area contributed by atoms with Crippen molar-refractivity contribution in [2.45, 2.75) is 183 Å². The first-order valence-corrected chi connectivity index (χ1v) is 19.6. The molecule has 2 rings (SSSR count). The Kier molecular flexibility index (Phi) is 22.1. The van der Waals surface area contributed by atoms with Gasteiger partial charge in [0.25, 0.3) is 0 Å². The van der Waals surface area contributed by atoms with E-state index >= 15 is 0 Å². The van der Waals surface area contributed by atoms with Gasteiger partial charge < -0.3 is 0 Å². The number of unbranched alkanes of at least 4 members (excludes halogenated alkanes) is 12. The van der Waals surface area contributed by atoms with Gasteiger partial charge in [0, 0.05) is 0 Å². The number of allylic oxidation sites excluding steroid dienone is 2. The molecule has 0 aromatic heterocycles. The fourth-order valence-electron chi connectivity index (χ4n) is 6.12. The second kappa shape index (κ2) is 25.6. The van der Waals surface area contributed by atoms with Crippen LogP contribution in [0.1, 0.15) is 179 Å². The van der Waals surface area contributed by atoms with Gasteiger partial charge in [0.2, 0.25) is 0 Å². The second-order valence-corrected chi connectivity index (χ2v) is 13.5. The van der Waals surface area contributed by atoms with E-state index in [1.807, 2.05) is 0 Å². The molecular weight excluding hydrogens is 556 g/mol. The van der Waals surface area contributed by atoms with Crippen LogP contribution in [0.4, 0.5) is 11.4 Å². The summed E-state index contributed by atoms with van der Waals surface area (Å²) in [7, 11) is 0. The Morgan fingerprint density at radius 3 is 1.26 bits per heavy atom. The smallest absolute Gasteiger partial charge is 0.0848 e. The van der Waals surface area contributed by atoms with Crippen molar-refractivity contribution in [3.63, 3.8) is 0 Å². The van der Waals surface area contributed by atoms with E-state index in [0.29, 0.717) is 0 Å². The first-order valence-electron chi connectivity index (χ1n) is 19.6. The van der Waals surface area contributed by atoms with Crippen LogP contribution in [-0.2, 0) is 25.7 Å². The van der Waals surface area contributed by atoms with E-state index in [1.54, 1.807) is 0 Å². The van der Waals surface area contributed by atoms with Crippen molar-refractivity contribution in [1.29, 1.82) is 0 Å². The van der Waals surface area contributed by atoms with E-state index in [1.165, 1.54) is 125 Å². The van der Waals surface area contributed by atoms with Crippen LogP contribution in [0.2, 0.25) is 0 Å². The Hall–Kier alpha value is -2.48. The van der Waals surface area contributed by atoms with Crippen LogP contribution in [0.3, 0.4) is 0 Å². The standard InChI is InChI=1S/C44H70N2/c1-7-13-18-19-20-21-22-23-24-25-30-44(46-42-35-39(28-16-10-4)32-40(36-42)29-17-11-5)43(12-6)45-41-33-37(26-14-8-2)31-38(34-41)27-15-9-3/h25,30-36H,7-24,26-29H2,1-6H3. The number of hydrogen-bond donors (Lipinski definition) is 0. The number of aryl methyl sites for hydroxylation is 4. The van der Waals surface area contributed by atoms with Crippen LogP contribution in [0, 0.1) is 0 Å². The molecule has 0 spiro atoms. The first kappa shape index (κ1) is 39.7. The number of hydrogen-bond acceptors (Lipinski definition) is 2. The van der Waals surface area contributed by atoms with E-state index in [2.05, 4.69) is 90.1 Å². The Labute approximate surface area is 285 Å². The highest BCUT2D eigenvalue weighted by atomic mass is 14.8. The average Bonchev–Trinajstić information content (AvgIpc) is 3.07. The molecule has 46 heavy (non-hydrogen) atoms. The highest BCUT2D eigenvalue weighted by Gasteiger charge is 2.09. The van der Waals surface area contributed by atoms with Crippen LogP contribution in [0.5, 0.6) is 0 Å². The summed E-state index contributed by atoms with van der Waals surface area (Å²) in [4.78, 5) is 10.7. The quantitative estimate of drug-likeness (QED) is 0.0733. The molecule has 2 aromatic carbocycles. The summed E-state index contributed by atoms with van der Waals surface area (Å²) in [6, 6.07) is 14.2. The van der Waals surface area contributed by atoms with Crippen molar-refractivity contribution >= 4 is 22.8 Å². The number of rotatable bonds is 26. The molecule has 0 aliphatic heterocycles. The lowest BCUT2D eigenvalue weighted by atomic mass is 10.0. The summed E-state index contributed by atoms with van der Waals surface area (Å²) in [6.07, 6.45) is 31.7. The highest BCUT2D eigenvalue weighted by molar-refractivity contribution is 6.47. The highest BCUT2D eigenvalue weighted by Crippen LogP contribution is 2.25. The van der Waals surface area contributed by atoms with Crippen LogP contribution < -0.4 is 0 Å². The van der Waals surface area contributed by atoms with Crippen molar-refractivity contribution in [3.8, 4) is 0 Å². The molecule has 0 unspecified atom stereocenters. The van der Waals surface area contributed by atoms with E-state index in [-0.39, 0.29) is 0 Å². The normalized spacial score (nSPS) is 12.5.